The number of nitrogens with zero attached hydrogens (tertiary/aromatic N) is 1. The van der Waals surface area contributed by atoms with Gasteiger partial charge in [0, 0.05) is 31.4 Å². The second kappa shape index (κ2) is 8.82. The first-order valence-electron chi connectivity index (χ1n) is 9.58. The highest BCUT2D eigenvalue weighted by Gasteiger charge is 2.20. The van der Waals surface area contributed by atoms with E-state index in [-0.39, 0.29) is 5.82 Å². The summed E-state index contributed by atoms with van der Waals surface area (Å²) in [6.45, 7) is 6.02. The van der Waals surface area contributed by atoms with Crippen LogP contribution in [0.15, 0.2) is 18.2 Å². The van der Waals surface area contributed by atoms with Crippen molar-refractivity contribution in [2.24, 2.45) is 0 Å². The first-order chi connectivity index (χ1) is 11.7. The summed E-state index contributed by atoms with van der Waals surface area (Å²) in [6, 6.07) is 5.72. The van der Waals surface area contributed by atoms with E-state index in [1.165, 1.54) is 31.4 Å². The van der Waals surface area contributed by atoms with Gasteiger partial charge >= 0.3 is 0 Å². The normalized spacial score (nSPS) is 20.0. The minimum absolute atomic E-state index is 0.146. The lowest BCUT2D eigenvalue weighted by Crippen LogP contribution is -2.43. The Bertz CT molecular complexity index is 508. The lowest BCUT2D eigenvalue weighted by Gasteiger charge is -2.35. The Labute approximate surface area is 145 Å². The molecule has 3 rings (SSSR count). The number of hydrogen-bond donors (Lipinski definition) is 1. The van der Waals surface area contributed by atoms with Crippen LogP contribution in [0.2, 0.25) is 0 Å². The van der Waals surface area contributed by atoms with E-state index >= 15 is 0 Å². The number of anilines is 1. The molecule has 0 unspecified atom stereocenters. The lowest BCUT2D eigenvalue weighted by atomic mass is 10.0. The van der Waals surface area contributed by atoms with E-state index in [0.717, 1.165) is 51.1 Å². The number of benzene rings is 1. The number of ether oxygens (including phenoxy) is 1. The molecule has 1 aliphatic carbocycles. The minimum atomic E-state index is -0.146. The highest BCUT2D eigenvalue weighted by atomic mass is 19.1. The molecular weight excluding hydrogens is 303 g/mol. The fourth-order valence-corrected chi connectivity index (χ4v) is 3.98. The van der Waals surface area contributed by atoms with Crippen LogP contribution in [0.4, 0.5) is 10.1 Å². The van der Waals surface area contributed by atoms with Gasteiger partial charge in [0.1, 0.15) is 5.82 Å². The van der Waals surface area contributed by atoms with Gasteiger partial charge in [0.2, 0.25) is 0 Å². The summed E-state index contributed by atoms with van der Waals surface area (Å²) in [4.78, 5) is 2.39. The van der Waals surface area contributed by atoms with E-state index < -0.39 is 0 Å². The Balaban J connectivity index is 1.31. The second-order valence-electron chi connectivity index (χ2n) is 7.28. The van der Waals surface area contributed by atoms with Gasteiger partial charge in [-0.3, -0.25) is 0 Å². The molecule has 0 spiro atoms. The summed E-state index contributed by atoms with van der Waals surface area (Å²) < 4.78 is 19.2. The van der Waals surface area contributed by atoms with Crippen LogP contribution < -0.4 is 10.2 Å². The quantitative estimate of drug-likeness (QED) is 0.762. The third-order valence-electron chi connectivity index (χ3n) is 5.40. The van der Waals surface area contributed by atoms with Crippen LogP contribution in [0.25, 0.3) is 0 Å². The summed E-state index contributed by atoms with van der Waals surface area (Å²) in [7, 11) is 0. The largest absolute Gasteiger partial charge is 0.378 e. The summed E-state index contributed by atoms with van der Waals surface area (Å²) >= 11 is 0. The van der Waals surface area contributed by atoms with E-state index in [1.807, 2.05) is 13.0 Å². The molecule has 2 fully saturated rings. The lowest BCUT2D eigenvalue weighted by molar-refractivity contribution is 0.0565. The summed E-state index contributed by atoms with van der Waals surface area (Å²) in [5.41, 5.74) is 2.21. The first-order valence-corrected chi connectivity index (χ1v) is 9.58. The van der Waals surface area contributed by atoms with Gasteiger partial charge in [-0.2, -0.15) is 0 Å². The molecule has 134 valence electrons. The highest BCUT2D eigenvalue weighted by Crippen LogP contribution is 2.24. The fourth-order valence-electron chi connectivity index (χ4n) is 3.98. The molecule has 1 aliphatic heterocycles. The molecule has 1 aromatic carbocycles. The van der Waals surface area contributed by atoms with Gasteiger partial charge in [-0.15, -0.1) is 0 Å². The molecule has 0 bridgehead atoms. The Morgan fingerprint density at radius 2 is 1.92 bits per heavy atom. The van der Waals surface area contributed by atoms with Gasteiger partial charge in [-0.05, 0) is 69.3 Å². The number of halogens is 1. The zero-order chi connectivity index (χ0) is 16.8. The maximum absolute atomic E-state index is 13.2. The molecule has 1 saturated carbocycles. The molecule has 3 nitrogen and oxygen atoms in total. The molecule has 24 heavy (non-hydrogen) atoms. The van der Waals surface area contributed by atoms with Crippen molar-refractivity contribution in [1.29, 1.82) is 0 Å². The number of aryl methyl sites for hydroxylation is 1. The van der Waals surface area contributed by atoms with Crippen molar-refractivity contribution in [3.8, 4) is 0 Å². The molecule has 2 aliphatic rings. The second-order valence-corrected chi connectivity index (χ2v) is 7.28. The van der Waals surface area contributed by atoms with Gasteiger partial charge in [0.25, 0.3) is 0 Å². The molecule has 1 aromatic rings. The molecule has 0 radical (unpaired) electrons. The Morgan fingerprint density at radius 3 is 2.62 bits per heavy atom. The number of hydrogen-bond acceptors (Lipinski definition) is 3. The van der Waals surface area contributed by atoms with E-state index in [4.69, 9.17) is 4.74 Å². The molecule has 0 amide bonds. The average molecular weight is 334 g/mol. The van der Waals surface area contributed by atoms with E-state index in [0.29, 0.717) is 12.1 Å². The van der Waals surface area contributed by atoms with Crippen LogP contribution in [-0.4, -0.2) is 38.4 Å². The van der Waals surface area contributed by atoms with Crippen LogP contribution in [-0.2, 0) is 4.74 Å². The van der Waals surface area contributed by atoms with Gasteiger partial charge < -0.3 is 15.0 Å². The number of piperidine rings is 1. The maximum Gasteiger partial charge on any atom is 0.123 e. The van der Waals surface area contributed by atoms with Crippen LogP contribution in [0, 0.1) is 12.7 Å². The molecule has 1 saturated heterocycles. The van der Waals surface area contributed by atoms with Crippen molar-refractivity contribution in [2.45, 2.75) is 64.0 Å². The van der Waals surface area contributed by atoms with Crippen molar-refractivity contribution < 1.29 is 9.13 Å². The van der Waals surface area contributed by atoms with Gasteiger partial charge in [-0.1, -0.05) is 12.8 Å². The molecule has 1 heterocycles. The highest BCUT2D eigenvalue weighted by molar-refractivity contribution is 5.53. The molecule has 0 atom stereocenters. The topological polar surface area (TPSA) is 24.5 Å². The third-order valence-corrected chi connectivity index (χ3v) is 5.40. The van der Waals surface area contributed by atoms with E-state index in [1.54, 1.807) is 12.1 Å². The predicted octanol–water partition coefficient (Wildman–Crippen LogP) is 4.04. The number of nitrogens with one attached hydrogen (secondary N) is 1. The van der Waals surface area contributed by atoms with Gasteiger partial charge in [0.05, 0.1) is 6.10 Å². The van der Waals surface area contributed by atoms with Crippen LogP contribution in [0.5, 0.6) is 0 Å². The van der Waals surface area contributed by atoms with Crippen molar-refractivity contribution in [1.82, 2.24) is 5.32 Å². The van der Waals surface area contributed by atoms with Gasteiger partial charge in [-0.25, -0.2) is 4.39 Å². The monoisotopic (exact) mass is 334 g/mol. The zero-order valence-electron chi connectivity index (χ0n) is 14.9. The molecule has 0 aromatic heterocycles. The minimum Gasteiger partial charge on any atom is -0.378 e. The zero-order valence-corrected chi connectivity index (χ0v) is 14.9. The van der Waals surface area contributed by atoms with Crippen LogP contribution in [0.1, 0.15) is 50.5 Å². The molecule has 4 heteroatoms. The van der Waals surface area contributed by atoms with Crippen LogP contribution in [0.3, 0.4) is 0 Å². The Hall–Kier alpha value is -1.13. The van der Waals surface area contributed by atoms with E-state index in [2.05, 4.69) is 10.2 Å². The van der Waals surface area contributed by atoms with Crippen molar-refractivity contribution in [3.05, 3.63) is 29.6 Å². The standard InChI is InChI=1S/C20H31FN2O/c1-16-15-17(21)7-8-20(16)23-12-9-18(10-13-23)22-11-4-14-24-19-5-2-3-6-19/h7-8,15,18-19,22H,2-6,9-14H2,1H3. The van der Waals surface area contributed by atoms with Crippen molar-refractivity contribution in [3.63, 3.8) is 0 Å². The number of rotatable bonds is 7. The van der Waals surface area contributed by atoms with Crippen molar-refractivity contribution >= 4 is 5.69 Å². The SMILES string of the molecule is Cc1cc(F)ccc1N1CCC(NCCCOC2CCCC2)CC1. The Morgan fingerprint density at radius 1 is 1.17 bits per heavy atom. The third kappa shape index (κ3) is 4.93. The molecular formula is C20H31FN2O. The Kier molecular flexibility index (Phi) is 6.50. The summed E-state index contributed by atoms with van der Waals surface area (Å²) in [5.74, 6) is -0.146. The first kappa shape index (κ1) is 17.7. The van der Waals surface area contributed by atoms with Crippen LogP contribution >= 0.6 is 0 Å². The summed E-state index contributed by atoms with van der Waals surface area (Å²) in [5, 5.41) is 3.68. The predicted molar refractivity (Wildman–Crippen MR) is 97.2 cm³/mol. The van der Waals surface area contributed by atoms with Gasteiger partial charge in [0.15, 0.2) is 0 Å². The smallest absolute Gasteiger partial charge is 0.123 e. The average Bonchev–Trinajstić information content (AvgIpc) is 3.09. The molecule has 1 N–H and O–H groups in total. The van der Waals surface area contributed by atoms with Crippen molar-refractivity contribution in [2.75, 3.05) is 31.1 Å². The van der Waals surface area contributed by atoms with E-state index in [9.17, 15) is 4.39 Å². The summed E-state index contributed by atoms with van der Waals surface area (Å²) in [6.07, 6.45) is 9.15. The maximum atomic E-state index is 13.2. The fraction of sp³-hybridized carbons (Fsp3) is 0.700.